The number of nitrogen functional groups attached to an aromatic ring is 1. The molecule has 1 unspecified atom stereocenters. The van der Waals surface area contributed by atoms with Crippen LogP contribution in [0.1, 0.15) is 23.6 Å². The van der Waals surface area contributed by atoms with E-state index in [2.05, 4.69) is 0 Å². The van der Waals surface area contributed by atoms with Crippen molar-refractivity contribution in [2.75, 3.05) is 5.73 Å². The zero-order chi connectivity index (χ0) is 19.9. The largest absolute Gasteiger partial charge is 0.475 e. The zero-order valence-corrected chi connectivity index (χ0v) is 14.8. The summed E-state index contributed by atoms with van der Waals surface area (Å²) in [4.78, 5) is 11.6. The highest BCUT2D eigenvalue weighted by Crippen LogP contribution is 2.40. The van der Waals surface area contributed by atoms with Crippen LogP contribution in [0.5, 0.6) is 5.75 Å². The molecule has 1 aliphatic heterocycles. The van der Waals surface area contributed by atoms with Crippen LogP contribution >= 0.6 is 11.6 Å². The van der Waals surface area contributed by atoms with Gasteiger partial charge in [-0.15, -0.1) is 0 Å². The number of fused-ring (bicyclic) bond motifs is 1. The summed E-state index contributed by atoms with van der Waals surface area (Å²) in [6.45, 7) is 1.04. The molecule has 27 heavy (non-hydrogen) atoms. The number of benzene rings is 2. The third kappa shape index (κ3) is 3.93. The fourth-order valence-corrected chi connectivity index (χ4v) is 3.08. The van der Waals surface area contributed by atoms with E-state index in [1.54, 1.807) is 0 Å². The fraction of sp³-hybridized carbons (Fsp3) is 0.211. The number of ketones is 1. The second kappa shape index (κ2) is 6.88. The molecule has 3 rings (SSSR count). The summed E-state index contributed by atoms with van der Waals surface area (Å²) in [6.07, 6.45) is -5.94. The molecule has 142 valence electrons. The van der Waals surface area contributed by atoms with Crippen molar-refractivity contribution in [2.45, 2.75) is 25.6 Å². The molecule has 0 aliphatic carbocycles. The Morgan fingerprint density at radius 3 is 2.52 bits per heavy atom. The highest BCUT2D eigenvalue weighted by molar-refractivity contribution is 6.31. The Bertz CT molecular complexity index is 953. The number of hydrogen-bond donors (Lipinski definition) is 1. The lowest BCUT2D eigenvalue weighted by atomic mass is 9.96. The third-order valence-corrected chi connectivity index (χ3v) is 4.53. The van der Waals surface area contributed by atoms with Crippen molar-refractivity contribution < 1.29 is 27.1 Å². The second-order valence-electron chi connectivity index (χ2n) is 6.20. The van der Waals surface area contributed by atoms with Crippen molar-refractivity contribution in [1.29, 1.82) is 0 Å². The van der Waals surface area contributed by atoms with E-state index >= 15 is 0 Å². The molecular weight excluding hydrogens is 386 g/mol. The van der Waals surface area contributed by atoms with Crippen LogP contribution in [-0.2, 0) is 11.2 Å². The van der Waals surface area contributed by atoms with Gasteiger partial charge in [0.05, 0.1) is 0 Å². The van der Waals surface area contributed by atoms with Crippen LogP contribution in [0.2, 0.25) is 5.02 Å². The summed E-state index contributed by atoms with van der Waals surface area (Å²) < 4.78 is 58.9. The third-order valence-electron chi connectivity index (χ3n) is 4.18. The van der Waals surface area contributed by atoms with Crippen molar-refractivity contribution in [3.05, 3.63) is 63.4 Å². The van der Waals surface area contributed by atoms with Crippen molar-refractivity contribution in [1.82, 2.24) is 0 Å². The number of rotatable bonds is 3. The average molecular weight is 400 g/mol. The second-order valence-corrected chi connectivity index (χ2v) is 6.61. The number of halogens is 5. The van der Waals surface area contributed by atoms with Gasteiger partial charge in [0, 0.05) is 28.3 Å². The average Bonchev–Trinajstić information content (AvgIpc) is 2.55. The first-order chi connectivity index (χ1) is 12.6. The number of alkyl halides is 3. The number of carbonyl (C=O) groups is 1. The number of nitrogens with two attached hydrogens (primary N) is 1. The molecule has 0 fully saturated rings. The predicted octanol–water partition coefficient (Wildman–Crippen LogP) is 4.95. The summed E-state index contributed by atoms with van der Waals surface area (Å²) in [7, 11) is 0. The lowest BCUT2D eigenvalue weighted by Gasteiger charge is -2.28. The van der Waals surface area contributed by atoms with Crippen molar-refractivity contribution in [3.63, 3.8) is 0 Å². The van der Waals surface area contributed by atoms with Crippen LogP contribution in [0.25, 0.3) is 6.08 Å². The van der Waals surface area contributed by atoms with Crippen molar-refractivity contribution >= 4 is 29.1 Å². The number of hydrogen-bond acceptors (Lipinski definition) is 3. The maximum Gasteiger partial charge on any atom is 0.429 e. The molecule has 3 nitrogen and oxygen atoms in total. The predicted molar refractivity (Wildman–Crippen MR) is 94.2 cm³/mol. The van der Waals surface area contributed by atoms with Crippen LogP contribution < -0.4 is 10.5 Å². The summed E-state index contributed by atoms with van der Waals surface area (Å²) in [5.74, 6) is -1.36. The quantitative estimate of drug-likeness (QED) is 0.587. The standard InChI is InChI=1S/C19H14ClF4NO2/c1-9(26)14-5-12-6-15(20)11(4-10-2-3-13(25)8-16(10)21)7-17(12)27-18(14)19(22,23)24/h2-3,5-8,18H,4,25H2,1H3. The Balaban J connectivity index is 2.02. The monoisotopic (exact) mass is 399 g/mol. The summed E-state index contributed by atoms with van der Waals surface area (Å²) in [6, 6.07) is 6.88. The molecular formula is C19H14ClF4NO2. The first-order valence-electron chi connectivity index (χ1n) is 7.88. The Morgan fingerprint density at radius 1 is 1.22 bits per heavy atom. The van der Waals surface area contributed by atoms with E-state index in [-0.39, 0.29) is 34.0 Å². The minimum absolute atomic E-state index is 0.0432. The smallest absolute Gasteiger partial charge is 0.429 e. The van der Waals surface area contributed by atoms with E-state index in [1.165, 1.54) is 24.3 Å². The molecule has 2 aromatic carbocycles. The molecule has 2 aromatic rings. The number of ether oxygens (including phenoxy) is 1. The lowest BCUT2D eigenvalue weighted by molar-refractivity contribution is -0.184. The lowest BCUT2D eigenvalue weighted by Crippen LogP contribution is -2.39. The van der Waals surface area contributed by atoms with Crippen molar-refractivity contribution in [3.8, 4) is 5.75 Å². The van der Waals surface area contributed by atoms with Crippen LogP contribution in [0.3, 0.4) is 0 Å². The highest BCUT2D eigenvalue weighted by atomic mass is 35.5. The normalized spacial score (nSPS) is 16.4. The molecule has 0 saturated carbocycles. The minimum Gasteiger partial charge on any atom is -0.475 e. The summed E-state index contributed by atoms with van der Waals surface area (Å²) in [5, 5.41) is 0.221. The molecule has 0 bridgehead atoms. The van der Waals surface area contributed by atoms with E-state index in [0.29, 0.717) is 5.56 Å². The van der Waals surface area contributed by atoms with Gasteiger partial charge in [-0.25, -0.2) is 4.39 Å². The molecule has 0 spiro atoms. The molecule has 1 heterocycles. The Hall–Kier alpha value is -2.54. The van der Waals surface area contributed by atoms with E-state index < -0.39 is 29.5 Å². The highest BCUT2D eigenvalue weighted by Gasteiger charge is 2.47. The van der Waals surface area contributed by atoms with Gasteiger partial charge in [0.2, 0.25) is 6.10 Å². The van der Waals surface area contributed by atoms with Gasteiger partial charge in [0.15, 0.2) is 5.78 Å². The van der Waals surface area contributed by atoms with Crippen molar-refractivity contribution in [2.24, 2.45) is 0 Å². The van der Waals surface area contributed by atoms with Crippen LogP contribution in [-0.4, -0.2) is 18.1 Å². The zero-order valence-electron chi connectivity index (χ0n) is 14.0. The Morgan fingerprint density at radius 2 is 1.93 bits per heavy atom. The van der Waals surface area contributed by atoms with Gasteiger partial charge in [-0.1, -0.05) is 17.7 Å². The molecule has 1 aliphatic rings. The minimum atomic E-state index is -4.75. The number of carbonyl (C=O) groups excluding carboxylic acids is 1. The maximum absolute atomic E-state index is 14.0. The van der Waals surface area contributed by atoms with E-state index in [4.69, 9.17) is 22.1 Å². The topological polar surface area (TPSA) is 52.3 Å². The van der Waals surface area contributed by atoms with Gasteiger partial charge in [0.25, 0.3) is 0 Å². The van der Waals surface area contributed by atoms with E-state index in [9.17, 15) is 22.4 Å². The van der Waals surface area contributed by atoms with Gasteiger partial charge in [-0.2, -0.15) is 13.2 Å². The SMILES string of the molecule is CC(=O)C1=Cc2cc(Cl)c(Cc3ccc(N)cc3F)cc2OC1C(F)(F)F. The molecule has 2 N–H and O–H groups in total. The Kier molecular flexibility index (Phi) is 4.90. The van der Waals surface area contributed by atoms with Gasteiger partial charge < -0.3 is 10.5 Å². The van der Waals surface area contributed by atoms with Gasteiger partial charge in [-0.05, 0) is 48.4 Å². The van der Waals surface area contributed by atoms with Gasteiger partial charge >= 0.3 is 6.18 Å². The summed E-state index contributed by atoms with van der Waals surface area (Å²) in [5.41, 5.74) is 6.20. The molecule has 0 radical (unpaired) electrons. The van der Waals surface area contributed by atoms with Gasteiger partial charge in [0.1, 0.15) is 11.6 Å². The Labute approximate surface area is 157 Å². The number of Topliss-reactive ketones (excluding diaryl/α,β-unsaturated/α-hetero) is 1. The molecule has 0 aromatic heterocycles. The van der Waals surface area contributed by atoms with E-state index in [0.717, 1.165) is 19.1 Å². The van der Waals surface area contributed by atoms with E-state index in [1.807, 2.05) is 0 Å². The number of anilines is 1. The molecule has 0 saturated heterocycles. The van der Waals surface area contributed by atoms with Crippen LogP contribution in [0, 0.1) is 5.82 Å². The molecule has 8 heteroatoms. The fourth-order valence-electron chi connectivity index (χ4n) is 2.84. The van der Waals surface area contributed by atoms with Crippen LogP contribution in [0.4, 0.5) is 23.2 Å². The molecule has 0 amide bonds. The first kappa shape index (κ1) is 19.2. The first-order valence-corrected chi connectivity index (χ1v) is 8.26. The maximum atomic E-state index is 14.0. The van der Waals surface area contributed by atoms with Crippen LogP contribution in [0.15, 0.2) is 35.9 Å². The summed E-state index contributed by atoms with van der Waals surface area (Å²) >= 11 is 6.21. The van der Waals surface area contributed by atoms with Gasteiger partial charge in [-0.3, -0.25) is 4.79 Å². The molecule has 1 atom stereocenters.